The van der Waals surface area contributed by atoms with Gasteiger partial charge in [0, 0.05) is 55.3 Å². The van der Waals surface area contributed by atoms with E-state index in [1.165, 1.54) is 17.7 Å². The molecule has 5 aromatic carbocycles. The summed E-state index contributed by atoms with van der Waals surface area (Å²) < 4.78 is 12.0. The number of nitrogens with zero attached hydrogens (tertiary/aromatic N) is 3. The first-order valence-electron chi connectivity index (χ1n) is 25.1. The Labute approximate surface area is 414 Å². The number of aliphatic hydroxyl groups is 2. The molecule has 1 aromatic heterocycles. The average Bonchev–Trinajstić information content (AvgIpc) is 3.41. The molecule has 0 bridgehead atoms. The van der Waals surface area contributed by atoms with Crippen molar-refractivity contribution in [3.8, 4) is 11.5 Å². The molecular weight excluding hydrogens is 897 g/mol. The third-order valence-corrected chi connectivity index (χ3v) is 15.2. The lowest BCUT2D eigenvalue weighted by Crippen LogP contribution is -2.50. The number of amides is 2. The van der Waals surface area contributed by atoms with Crippen LogP contribution in [-0.4, -0.2) is 105 Å². The van der Waals surface area contributed by atoms with Crippen LogP contribution in [0.3, 0.4) is 0 Å². The first-order chi connectivity index (χ1) is 34.5. The summed E-state index contributed by atoms with van der Waals surface area (Å²) in [6, 6.07) is 39.8. The number of ether oxygens (including phenoxy) is 2. The van der Waals surface area contributed by atoms with Crippen LogP contribution in [0.25, 0.3) is 10.9 Å². The second kappa shape index (κ2) is 22.1. The van der Waals surface area contributed by atoms with Crippen molar-refractivity contribution in [3.05, 3.63) is 177 Å². The number of nitrogens with one attached hydrogen (secondary N) is 1. The number of pyridine rings is 1. The van der Waals surface area contributed by atoms with Gasteiger partial charge in [0.1, 0.15) is 11.5 Å². The van der Waals surface area contributed by atoms with Crippen molar-refractivity contribution in [1.29, 1.82) is 0 Å². The van der Waals surface area contributed by atoms with Crippen molar-refractivity contribution in [2.75, 3.05) is 52.5 Å². The van der Waals surface area contributed by atoms with Crippen molar-refractivity contribution in [1.82, 2.24) is 19.7 Å². The van der Waals surface area contributed by atoms with Gasteiger partial charge in [0.15, 0.2) is 6.61 Å². The number of phenols is 1. The van der Waals surface area contributed by atoms with Crippen LogP contribution in [0.15, 0.2) is 138 Å². The number of H-pyrrole nitrogens is 1. The predicted octanol–water partition coefficient (Wildman–Crippen LogP) is 7.91. The van der Waals surface area contributed by atoms with Crippen LogP contribution in [0.1, 0.15) is 95.6 Å². The maximum Gasteiger partial charge on any atom is 0.347 e. The van der Waals surface area contributed by atoms with Gasteiger partial charge in [0.05, 0.1) is 18.2 Å². The number of likely N-dealkylation sites (tertiary alicyclic amines) is 3. The molecule has 4 heterocycles. The van der Waals surface area contributed by atoms with Crippen LogP contribution in [-0.2, 0) is 32.9 Å². The predicted molar refractivity (Wildman–Crippen MR) is 271 cm³/mol. The van der Waals surface area contributed by atoms with Gasteiger partial charge in [0.25, 0.3) is 11.8 Å². The van der Waals surface area contributed by atoms with Crippen LogP contribution in [0.4, 0.5) is 0 Å². The second-order valence-corrected chi connectivity index (χ2v) is 19.8. The standard InChI is InChI=1S/C58H64N4O9/c63-50(48-21-23-51(64)54-49(48)22-24-52(65)59-54)16-7-11-41-17-19-44(20-18-41)55(67)62-35-29-57(30-36-62)27-33-61(34-28-57)53(66)40-70-47-15-8-14-46(37-47)58(69,45-12-5-2-6-13-45)56(68)71-39-43-25-31-60(32-26-43)38-42-9-3-1-4-10-42/h1-6,8-10,12-15,17-24,37,43,50,63-64,69H,7,11,16,25-36,38-40H2,(H,59,65)/t50-,58-/m0/s1. The molecule has 0 radical (unpaired) electrons. The Morgan fingerprint density at radius 3 is 2.10 bits per heavy atom. The fourth-order valence-electron chi connectivity index (χ4n) is 10.7. The number of fused-ring (bicyclic) bond motifs is 1. The van der Waals surface area contributed by atoms with E-state index >= 15 is 0 Å². The number of carbonyl (C=O) groups excluding carboxylic acids is 3. The van der Waals surface area contributed by atoms with Crippen molar-refractivity contribution >= 4 is 28.7 Å². The van der Waals surface area contributed by atoms with Crippen LogP contribution in [0.2, 0.25) is 0 Å². The lowest BCUT2D eigenvalue weighted by Gasteiger charge is -2.46. The van der Waals surface area contributed by atoms with E-state index < -0.39 is 17.7 Å². The fourth-order valence-corrected chi connectivity index (χ4v) is 10.7. The van der Waals surface area contributed by atoms with E-state index in [1.807, 2.05) is 46.2 Å². The minimum absolute atomic E-state index is 0.0120. The van der Waals surface area contributed by atoms with Crippen molar-refractivity contribution in [2.24, 2.45) is 11.3 Å². The number of aromatic hydroxyl groups is 1. The number of hydrogen-bond donors (Lipinski definition) is 4. The molecule has 370 valence electrons. The average molecular weight is 961 g/mol. The number of aliphatic hydroxyl groups excluding tert-OH is 1. The molecule has 0 saturated carbocycles. The number of aromatic amines is 1. The van der Waals surface area contributed by atoms with E-state index in [9.17, 15) is 34.5 Å². The molecule has 13 heteroatoms. The molecule has 2 amide bonds. The number of phenolic OH excluding ortho intramolecular Hbond substituents is 1. The van der Waals surface area contributed by atoms with Crippen LogP contribution in [0, 0.1) is 11.3 Å². The molecule has 13 nitrogen and oxygen atoms in total. The molecule has 0 unspecified atom stereocenters. The van der Waals surface area contributed by atoms with Crippen molar-refractivity contribution < 1.29 is 39.2 Å². The Bertz CT molecular complexity index is 2830. The topological polar surface area (TPSA) is 173 Å². The van der Waals surface area contributed by atoms with E-state index in [0.29, 0.717) is 77.9 Å². The first-order valence-corrected chi connectivity index (χ1v) is 25.1. The van der Waals surface area contributed by atoms with Gasteiger partial charge in [-0.3, -0.25) is 19.3 Å². The number of aromatic nitrogens is 1. The largest absolute Gasteiger partial charge is 0.506 e. The summed E-state index contributed by atoms with van der Waals surface area (Å²) in [5.74, 6) is -0.357. The highest BCUT2D eigenvalue weighted by molar-refractivity contribution is 5.94. The molecule has 3 saturated heterocycles. The highest BCUT2D eigenvalue weighted by Crippen LogP contribution is 2.42. The Kier molecular flexibility index (Phi) is 15.3. The summed E-state index contributed by atoms with van der Waals surface area (Å²) in [5, 5.41) is 34.0. The molecule has 3 aliphatic rings. The zero-order chi connectivity index (χ0) is 49.4. The van der Waals surface area contributed by atoms with Gasteiger partial charge < -0.3 is 39.6 Å². The number of benzene rings is 5. The number of hydrogen-bond acceptors (Lipinski definition) is 10. The van der Waals surface area contributed by atoms with Gasteiger partial charge >= 0.3 is 5.97 Å². The Morgan fingerprint density at radius 2 is 1.39 bits per heavy atom. The van der Waals surface area contributed by atoms with E-state index in [2.05, 4.69) is 34.1 Å². The van der Waals surface area contributed by atoms with Crippen LogP contribution >= 0.6 is 0 Å². The fraction of sp³-hybridized carbons (Fsp3) is 0.379. The molecule has 3 aliphatic heterocycles. The minimum atomic E-state index is -2.09. The van der Waals surface area contributed by atoms with Gasteiger partial charge in [-0.25, -0.2) is 4.79 Å². The van der Waals surface area contributed by atoms with E-state index in [0.717, 1.165) is 70.1 Å². The monoisotopic (exact) mass is 960 g/mol. The quantitative estimate of drug-likeness (QED) is 0.0699. The Morgan fingerprint density at radius 1 is 0.732 bits per heavy atom. The van der Waals surface area contributed by atoms with Gasteiger partial charge in [-0.2, -0.15) is 0 Å². The van der Waals surface area contributed by atoms with E-state index in [4.69, 9.17) is 9.47 Å². The SMILES string of the molecule is O=C(COc1cccc([C@](O)(C(=O)OCC2CCN(Cc3ccccc3)CC2)c2ccccc2)c1)N1CCC2(CC1)CCN(C(=O)c1ccc(CCC[C@H](O)c3ccc(O)c4[nH]c(=O)ccc34)cc1)CC2. The second-order valence-electron chi connectivity index (χ2n) is 19.8. The highest BCUT2D eigenvalue weighted by Gasteiger charge is 2.43. The van der Waals surface area contributed by atoms with Gasteiger partial charge in [0.2, 0.25) is 11.2 Å². The minimum Gasteiger partial charge on any atom is -0.506 e. The zero-order valence-electron chi connectivity index (χ0n) is 40.2. The van der Waals surface area contributed by atoms with Crippen LogP contribution in [0.5, 0.6) is 11.5 Å². The molecule has 71 heavy (non-hydrogen) atoms. The number of aryl methyl sites for hydroxylation is 1. The molecule has 6 aromatic rings. The van der Waals surface area contributed by atoms with Gasteiger partial charge in [-0.15, -0.1) is 0 Å². The molecule has 3 fully saturated rings. The van der Waals surface area contributed by atoms with Crippen molar-refractivity contribution in [3.63, 3.8) is 0 Å². The van der Waals surface area contributed by atoms with Crippen molar-refractivity contribution in [2.45, 2.75) is 76.0 Å². The number of piperidine rings is 3. The maximum atomic E-state index is 13.9. The molecule has 4 N–H and O–H groups in total. The Hall–Kier alpha value is -6.80. The Balaban J connectivity index is 0.717. The normalized spacial score (nSPS) is 17.7. The van der Waals surface area contributed by atoms with Gasteiger partial charge in [-0.05, 0) is 141 Å². The third-order valence-electron chi connectivity index (χ3n) is 15.2. The zero-order valence-corrected chi connectivity index (χ0v) is 40.2. The number of rotatable bonds is 16. The lowest BCUT2D eigenvalue weighted by atomic mass is 9.71. The molecule has 9 rings (SSSR count). The molecular formula is C58H64N4O9. The van der Waals surface area contributed by atoms with Crippen LogP contribution < -0.4 is 10.3 Å². The van der Waals surface area contributed by atoms with E-state index in [1.54, 1.807) is 60.7 Å². The summed E-state index contributed by atoms with van der Waals surface area (Å²) in [6.07, 6.45) is 6.37. The van der Waals surface area contributed by atoms with E-state index in [-0.39, 0.29) is 47.7 Å². The number of esters is 1. The highest BCUT2D eigenvalue weighted by atomic mass is 16.6. The molecule has 0 aliphatic carbocycles. The third kappa shape index (κ3) is 11.5. The summed E-state index contributed by atoms with van der Waals surface area (Å²) in [5.41, 5.74) is 2.29. The van der Waals surface area contributed by atoms with Gasteiger partial charge in [-0.1, -0.05) is 91.0 Å². The maximum absolute atomic E-state index is 13.9. The summed E-state index contributed by atoms with van der Waals surface area (Å²) in [7, 11) is 0. The summed E-state index contributed by atoms with van der Waals surface area (Å²) in [4.78, 5) is 61.7. The summed E-state index contributed by atoms with van der Waals surface area (Å²) in [6.45, 7) is 5.26. The number of carbonyl (C=O) groups is 3. The molecule has 1 spiro atoms. The lowest BCUT2D eigenvalue weighted by molar-refractivity contribution is -0.164. The molecule has 2 atom stereocenters. The first kappa shape index (κ1) is 49.2. The summed E-state index contributed by atoms with van der Waals surface area (Å²) >= 11 is 0. The smallest absolute Gasteiger partial charge is 0.347 e.